The summed E-state index contributed by atoms with van der Waals surface area (Å²) in [4.78, 5) is 11.6. The molecule has 1 aromatic heterocycles. The third-order valence-corrected chi connectivity index (χ3v) is 4.05. The van der Waals surface area contributed by atoms with Gasteiger partial charge in [-0.05, 0) is 24.7 Å². The average molecular weight is 272 g/mol. The molecule has 0 bridgehead atoms. The zero-order valence-corrected chi connectivity index (χ0v) is 11.2. The molecule has 0 aromatic carbocycles. The van der Waals surface area contributed by atoms with Crippen LogP contribution < -0.4 is 10.9 Å². The Morgan fingerprint density at radius 3 is 3.00 bits per heavy atom. The summed E-state index contributed by atoms with van der Waals surface area (Å²) in [5.41, 5.74) is 0.273. The Hall–Kier alpha value is -1.07. The van der Waals surface area contributed by atoms with Crippen molar-refractivity contribution in [1.29, 1.82) is 0 Å². The average Bonchev–Trinajstić information content (AvgIpc) is 2.82. The van der Waals surface area contributed by atoms with Crippen molar-refractivity contribution in [3.05, 3.63) is 21.6 Å². The van der Waals surface area contributed by atoms with Crippen molar-refractivity contribution in [2.45, 2.75) is 19.3 Å². The fourth-order valence-corrected chi connectivity index (χ4v) is 2.74. The molecule has 1 aliphatic rings. The number of nitrogens with zero attached hydrogens (tertiary/aromatic N) is 2. The van der Waals surface area contributed by atoms with Crippen LogP contribution in [-0.4, -0.2) is 28.0 Å². The summed E-state index contributed by atoms with van der Waals surface area (Å²) >= 11 is 5.97. The van der Waals surface area contributed by atoms with Crippen LogP contribution in [0.15, 0.2) is 11.0 Å². The molecule has 0 radical (unpaired) electrons. The van der Waals surface area contributed by atoms with Crippen LogP contribution in [0.25, 0.3) is 0 Å². The fraction of sp³-hybridized carbons (Fsp3) is 0.667. The smallest absolute Gasteiger partial charge is 0.287 e. The number of aryl methyl sites for hydroxylation is 1. The first-order valence-corrected chi connectivity index (χ1v) is 6.57. The minimum Gasteiger partial charge on any atom is -0.396 e. The van der Waals surface area contributed by atoms with Gasteiger partial charge < -0.3 is 10.4 Å². The van der Waals surface area contributed by atoms with Gasteiger partial charge in [0.2, 0.25) is 0 Å². The molecule has 0 saturated heterocycles. The van der Waals surface area contributed by atoms with E-state index in [1.54, 1.807) is 13.2 Å². The van der Waals surface area contributed by atoms with E-state index in [-0.39, 0.29) is 17.2 Å². The van der Waals surface area contributed by atoms with Crippen molar-refractivity contribution in [2.75, 3.05) is 18.5 Å². The molecule has 1 aromatic rings. The van der Waals surface area contributed by atoms with Gasteiger partial charge in [0.05, 0.1) is 11.9 Å². The number of anilines is 1. The van der Waals surface area contributed by atoms with Gasteiger partial charge in [-0.3, -0.25) is 4.79 Å². The van der Waals surface area contributed by atoms with Crippen molar-refractivity contribution in [2.24, 2.45) is 18.9 Å². The third-order valence-electron chi connectivity index (χ3n) is 3.68. The second kappa shape index (κ2) is 5.71. The molecule has 1 fully saturated rings. The van der Waals surface area contributed by atoms with E-state index >= 15 is 0 Å². The monoisotopic (exact) mass is 271 g/mol. The van der Waals surface area contributed by atoms with E-state index in [4.69, 9.17) is 11.6 Å². The van der Waals surface area contributed by atoms with E-state index in [2.05, 4.69) is 10.4 Å². The standard InChI is InChI=1S/C12H18ClN3O2/c1-16-12(18)11(13)10(6-15-16)14-5-8-3-2-4-9(8)7-17/h6,8-9,14,17H,2-5,7H2,1H3. The summed E-state index contributed by atoms with van der Waals surface area (Å²) in [5.74, 6) is 0.797. The van der Waals surface area contributed by atoms with E-state index in [0.717, 1.165) is 25.8 Å². The lowest BCUT2D eigenvalue weighted by atomic mass is 9.97. The van der Waals surface area contributed by atoms with Gasteiger partial charge in [-0.1, -0.05) is 18.0 Å². The first kappa shape index (κ1) is 13.4. The van der Waals surface area contributed by atoms with Crippen LogP contribution in [0, 0.1) is 11.8 Å². The molecule has 6 heteroatoms. The Bertz CT molecular complexity index is 475. The molecule has 2 atom stereocenters. The van der Waals surface area contributed by atoms with Gasteiger partial charge in [0.25, 0.3) is 5.56 Å². The van der Waals surface area contributed by atoms with Gasteiger partial charge in [0.1, 0.15) is 5.02 Å². The molecule has 100 valence electrons. The number of rotatable bonds is 4. The van der Waals surface area contributed by atoms with Crippen LogP contribution in [0.1, 0.15) is 19.3 Å². The van der Waals surface area contributed by atoms with Gasteiger partial charge in [-0.2, -0.15) is 5.10 Å². The lowest BCUT2D eigenvalue weighted by molar-refractivity contribution is 0.199. The van der Waals surface area contributed by atoms with Crippen LogP contribution in [0.3, 0.4) is 0 Å². The van der Waals surface area contributed by atoms with Gasteiger partial charge >= 0.3 is 0 Å². The largest absolute Gasteiger partial charge is 0.396 e. The quantitative estimate of drug-likeness (QED) is 0.865. The van der Waals surface area contributed by atoms with Crippen molar-refractivity contribution in [3.8, 4) is 0 Å². The number of hydrogen-bond donors (Lipinski definition) is 2. The van der Waals surface area contributed by atoms with E-state index in [0.29, 0.717) is 17.5 Å². The van der Waals surface area contributed by atoms with E-state index in [9.17, 15) is 9.90 Å². The minimum atomic E-state index is -0.299. The molecule has 2 rings (SSSR count). The molecule has 0 aliphatic heterocycles. The molecular formula is C12H18ClN3O2. The maximum Gasteiger partial charge on any atom is 0.287 e. The molecule has 1 aliphatic carbocycles. The van der Waals surface area contributed by atoms with Crippen molar-refractivity contribution in [3.63, 3.8) is 0 Å². The highest BCUT2D eigenvalue weighted by molar-refractivity contribution is 6.32. The zero-order valence-electron chi connectivity index (χ0n) is 10.4. The summed E-state index contributed by atoms with van der Waals surface area (Å²) in [6.07, 6.45) is 4.90. The summed E-state index contributed by atoms with van der Waals surface area (Å²) in [6, 6.07) is 0. The van der Waals surface area contributed by atoms with Crippen LogP contribution in [-0.2, 0) is 7.05 Å². The summed E-state index contributed by atoms with van der Waals surface area (Å²) in [6.45, 7) is 0.953. The third kappa shape index (κ3) is 2.67. The van der Waals surface area contributed by atoms with Crippen molar-refractivity contribution < 1.29 is 5.11 Å². The van der Waals surface area contributed by atoms with Crippen molar-refractivity contribution in [1.82, 2.24) is 9.78 Å². The second-order valence-electron chi connectivity index (χ2n) is 4.82. The molecule has 2 unspecified atom stereocenters. The number of aliphatic hydroxyl groups excluding tert-OH is 1. The molecule has 0 amide bonds. The van der Waals surface area contributed by atoms with E-state index in [1.165, 1.54) is 4.68 Å². The Kier molecular flexibility index (Phi) is 4.24. The van der Waals surface area contributed by atoms with Crippen LogP contribution >= 0.6 is 11.6 Å². The van der Waals surface area contributed by atoms with Crippen LogP contribution in [0.5, 0.6) is 0 Å². The lowest BCUT2D eigenvalue weighted by Gasteiger charge is -2.18. The van der Waals surface area contributed by atoms with Crippen LogP contribution in [0.2, 0.25) is 5.02 Å². The molecule has 0 spiro atoms. The summed E-state index contributed by atoms with van der Waals surface area (Å²) in [7, 11) is 1.57. The fourth-order valence-electron chi connectivity index (χ4n) is 2.50. The number of nitrogens with one attached hydrogen (secondary N) is 1. The van der Waals surface area contributed by atoms with E-state index < -0.39 is 0 Å². The number of aliphatic hydroxyl groups is 1. The molecule has 18 heavy (non-hydrogen) atoms. The molecule has 2 N–H and O–H groups in total. The topological polar surface area (TPSA) is 67.2 Å². The Morgan fingerprint density at radius 2 is 2.28 bits per heavy atom. The summed E-state index contributed by atoms with van der Waals surface area (Å²) < 4.78 is 1.21. The number of halogens is 1. The predicted molar refractivity (Wildman–Crippen MR) is 70.9 cm³/mol. The summed E-state index contributed by atoms with van der Waals surface area (Å²) in [5, 5.41) is 16.5. The van der Waals surface area contributed by atoms with Crippen molar-refractivity contribution >= 4 is 17.3 Å². The highest BCUT2D eigenvalue weighted by atomic mass is 35.5. The second-order valence-corrected chi connectivity index (χ2v) is 5.19. The Morgan fingerprint density at radius 1 is 1.56 bits per heavy atom. The van der Waals surface area contributed by atoms with Crippen LogP contribution in [0.4, 0.5) is 5.69 Å². The highest BCUT2D eigenvalue weighted by Crippen LogP contribution is 2.31. The van der Waals surface area contributed by atoms with Gasteiger partial charge in [0, 0.05) is 20.2 Å². The van der Waals surface area contributed by atoms with Gasteiger partial charge in [-0.15, -0.1) is 0 Å². The number of hydrogen-bond acceptors (Lipinski definition) is 4. The number of aromatic nitrogens is 2. The van der Waals surface area contributed by atoms with Gasteiger partial charge in [-0.25, -0.2) is 4.68 Å². The molecular weight excluding hydrogens is 254 g/mol. The minimum absolute atomic E-state index is 0.172. The Labute approximate surface area is 111 Å². The highest BCUT2D eigenvalue weighted by Gasteiger charge is 2.26. The first-order valence-electron chi connectivity index (χ1n) is 6.20. The zero-order chi connectivity index (χ0) is 13.1. The van der Waals surface area contributed by atoms with E-state index in [1.807, 2.05) is 0 Å². The first-order chi connectivity index (χ1) is 8.63. The maximum absolute atomic E-state index is 11.6. The molecule has 1 heterocycles. The normalized spacial score (nSPS) is 23.3. The predicted octanol–water partition coefficient (Wildman–Crippen LogP) is 1.25. The SMILES string of the molecule is Cn1ncc(NCC2CCCC2CO)c(Cl)c1=O. The molecule has 5 nitrogen and oxygen atoms in total. The Balaban J connectivity index is 2.02. The van der Waals surface area contributed by atoms with Gasteiger partial charge in [0.15, 0.2) is 0 Å². The maximum atomic E-state index is 11.6. The lowest BCUT2D eigenvalue weighted by Crippen LogP contribution is -2.24. The molecule has 1 saturated carbocycles.